The van der Waals surface area contributed by atoms with Crippen molar-refractivity contribution >= 4 is 42.3 Å². The lowest BCUT2D eigenvalue weighted by Crippen LogP contribution is -2.43. The largest absolute Gasteiger partial charge is 0.352 e. The van der Waals surface area contributed by atoms with Crippen molar-refractivity contribution in [3.8, 4) is 0 Å². The van der Waals surface area contributed by atoms with Crippen LogP contribution in [-0.4, -0.2) is 30.5 Å². The number of carbonyl (C=O) groups is 1. The van der Waals surface area contributed by atoms with Crippen molar-refractivity contribution in [1.82, 2.24) is 4.22 Å². The van der Waals surface area contributed by atoms with Gasteiger partial charge in [-0.3, -0.25) is 9.01 Å². The first-order valence-corrected chi connectivity index (χ1v) is 10.1. The quantitative estimate of drug-likeness (QED) is 0.591. The Hall–Kier alpha value is 0.265. The first-order valence-electron chi connectivity index (χ1n) is 6.23. The van der Waals surface area contributed by atoms with Crippen molar-refractivity contribution in [3.05, 3.63) is 0 Å². The van der Waals surface area contributed by atoms with Gasteiger partial charge in [0.2, 0.25) is 15.9 Å². The maximum absolute atomic E-state index is 12.4. The third-order valence-electron chi connectivity index (χ3n) is 3.21. The van der Waals surface area contributed by atoms with Crippen molar-refractivity contribution in [3.63, 3.8) is 0 Å². The van der Waals surface area contributed by atoms with Crippen LogP contribution in [0.15, 0.2) is 0 Å². The standard InChI is InChI=1S/C10H20BNO3PS2/c1-9(13)12(11-17-16)18(14,15)10-7-5-3-2-4-6-8-10/h10H,2-8,16H2,1H3. The molecule has 0 saturated heterocycles. The molecule has 103 valence electrons. The third kappa shape index (κ3) is 4.43. The van der Waals surface area contributed by atoms with Gasteiger partial charge in [0.25, 0.3) is 0 Å². The molecule has 1 amide bonds. The monoisotopic (exact) mass is 308 g/mol. The summed E-state index contributed by atoms with van der Waals surface area (Å²) in [4.78, 5) is 11.5. The fraction of sp³-hybridized carbons (Fsp3) is 0.900. The summed E-state index contributed by atoms with van der Waals surface area (Å²) in [5, 5.41) is -0.407. The minimum atomic E-state index is -3.53. The fourth-order valence-corrected chi connectivity index (χ4v) is 5.37. The SMILES string of the molecule is CC(=O)N([B]SP)S(=O)(=O)C1CCCCCCC1. The van der Waals surface area contributed by atoms with Gasteiger partial charge in [-0.25, -0.2) is 8.42 Å². The van der Waals surface area contributed by atoms with Crippen LogP contribution in [-0.2, 0) is 14.8 Å². The molecule has 1 fully saturated rings. The van der Waals surface area contributed by atoms with Crippen LogP contribution in [0.1, 0.15) is 51.9 Å². The summed E-state index contributed by atoms with van der Waals surface area (Å²) in [6, 6.07) is 0. The number of hydrogen-bond acceptors (Lipinski definition) is 4. The normalized spacial score (nSPS) is 18.8. The van der Waals surface area contributed by atoms with Crippen LogP contribution >= 0.6 is 19.7 Å². The molecule has 0 N–H and O–H groups in total. The number of sulfonamides is 1. The van der Waals surface area contributed by atoms with E-state index in [2.05, 4.69) is 8.44 Å². The minimum absolute atomic E-state index is 0.407. The van der Waals surface area contributed by atoms with Crippen LogP contribution in [0, 0.1) is 0 Å². The molecule has 4 nitrogen and oxygen atoms in total. The van der Waals surface area contributed by atoms with E-state index in [0.717, 1.165) is 41.1 Å². The van der Waals surface area contributed by atoms with Gasteiger partial charge < -0.3 is 0 Å². The summed E-state index contributed by atoms with van der Waals surface area (Å²) in [6.45, 7) is 2.65. The van der Waals surface area contributed by atoms with Crippen molar-refractivity contribution in [1.29, 1.82) is 0 Å². The fourth-order valence-electron chi connectivity index (χ4n) is 2.25. The zero-order chi connectivity index (χ0) is 13.6. The molecule has 0 aromatic heterocycles. The van der Waals surface area contributed by atoms with E-state index >= 15 is 0 Å². The Bertz CT molecular complexity index is 369. The molecular weight excluding hydrogens is 288 g/mol. The Balaban J connectivity index is 2.83. The Morgan fingerprint density at radius 2 is 1.72 bits per heavy atom. The van der Waals surface area contributed by atoms with E-state index in [1.807, 2.05) is 0 Å². The van der Waals surface area contributed by atoms with Gasteiger partial charge >= 0.3 is 6.69 Å². The molecule has 0 aromatic rings. The van der Waals surface area contributed by atoms with Crippen molar-refractivity contribution < 1.29 is 13.2 Å². The molecule has 0 aliphatic heterocycles. The topological polar surface area (TPSA) is 54.5 Å². The van der Waals surface area contributed by atoms with E-state index in [1.54, 1.807) is 0 Å². The number of hydrogen-bond donors (Lipinski definition) is 0. The molecule has 0 bridgehead atoms. The molecule has 1 rings (SSSR count). The summed E-state index contributed by atoms with van der Waals surface area (Å²) in [5.41, 5.74) is 0. The highest BCUT2D eigenvalue weighted by atomic mass is 32.7. The van der Waals surface area contributed by atoms with E-state index in [4.69, 9.17) is 0 Å². The van der Waals surface area contributed by atoms with Crippen molar-refractivity contribution in [2.24, 2.45) is 0 Å². The van der Waals surface area contributed by atoms with Gasteiger partial charge in [-0.05, 0) is 12.8 Å². The number of carbonyl (C=O) groups excluding carboxylic acids is 1. The average Bonchev–Trinajstić information content (AvgIpc) is 2.23. The van der Waals surface area contributed by atoms with E-state index < -0.39 is 21.2 Å². The van der Waals surface area contributed by atoms with E-state index in [9.17, 15) is 13.2 Å². The van der Waals surface area contributed by atoms with Gasteiger partial charge in [0.15, 0.2) is 0 Å². The maximum atomic E-state index is 12.4. The Morgan fingerprint density at radius 3 is 2.17 bits per heavy atom. The molecule has 0 heterocycles. The average molecular weight is 308 g/mol. The molecule has 1 aliphatic rings. The second-order valence-corrected chi connectivity index (χ2v) is 7.96. The molecule has 0 aromatic carbocycles. The summed E-state index contributed by atoms with van der Waals surface area (Å²) in [5.74, 6) is -0.438. The molecule has 1 atom stereocenters. The Kier molecular flexibility index (Phi) is 7.03. The summed E-state index contributed by atoms with van der Waals surface area (Å²) in [6.07, 6.45) is 6.58. The lowest BCUT2D eigenvalue weighted by molar-refractivity contribution is -0.121. The summed E-state index contributed by atoms with van der Waals surface area (Å²) < 4.78 is 25.8. The van der Waals surface area contributed by atoms with Crippen LogP contribution in [0.4, 0.5) is 0 Å². The van der Waals surface area contributed by atoms with E-state index in [-0.39, 0.29) is 0 Å². The maximum Gasteiger partial charge on any atom is 0.352 e. The van der Waals surface area contributed by atoms with Gasteiger partial charge in [0, 0.05) is 6.92 Å². The first-order chi connectivity index (χ1) is 8.50. The predicted molar refractivity (Wildman–Crippen MR) is 80.6 cm³/mol. The first kappa shape index (κ1) is 16.3. The lowest BCUT2D eigenvalue weighted by atomic mass is 10.0. The molecule has 18 heavy (non-hydrogen) atoms. The highest BCUT2D eigenvalue weighted by molar-refractivity contribution is 8.58. The lowest BCUT2D eigenvalue weighted by Gasteiger charge is -2.27. The second-order valence-electron chi connectivity index (χ2n) is 4.57. The molecule has 0 spiro atoms. The molecule has 1 radical (unpaired) electrons. The predicted octanol–water partition coefficient (Wildman–Crippen LogP) is 2.34. The zero-order valence-electron chi connectivity index (χ0n) is 10.7. The zero-order valence-corrected chi connectivity index (χ0v) is 13.5. The smallest absolute Gasteiger partial charge is 0.278 e. The summed E-state index contributed by atoms with van der Waals surface area (Å²) >= 11 is 1.16. The Morgan fingerprint density at radius 1 is 1.22 bits per heavy atom. The molecule has 1 aliphatic carbocycles. The third-order valence-corrected chi connectivity index (χ3v) is 6.27. The van der Waals surface area contributed by atoms with Gasteiger partial charge in [-0.2, -0.15) is 11.2 Å². The van der Waals surface area contributed by atoms with Crippen LogP contribution in [0.25, 0.3) is 0 Å². The van der Waals surface area contributed by atoms with Gasteiger partial charge in [-0.15, -0.1) is 0 Å². The van der Waals surface area contributed by atoms with Crippen molar-refractivity contribution in [2.45, 2.75) is 57.1 Å². The second kappa shape index (κ2) is 7.76. The number of amides is 1. The van der Waals surface area contributed by atoms with E-state index in [1.165, 1.54) is 20.0 Å². The Labute approximate surface area is 117 Å². The number of rotatable bonds is 4. The molecule has 1 saturated carbocycles. The highest BCUT2D eigenvalue weighted by Gasteiger charge is 2.33. The highest BCUT2D eigenvalue weighted by Crippen LogP contribution is 2.26. The molecular formula is C10H20BNO3PS2. The molecule has 1 unspecified atom stereocenters. The van der Waals surface area contributed by atoms with Crippen molar-refractivity contribution in [2.75, 3.05) is 0 Å². The minimum Gasteiger partial charge on any atom is -0.278 e. The van der Waals surface area contributed by atoms with Crippen LogP contribution in [0.5, 0.6) is 0 Å². The van der Waals surface area contributed by atoms with Crippen LogP contribution in [0.2, 0.25) is 0 Å². The molecule has 8 heteroatoms. The van der Waals surface area contributed by atoms with Gasteiger partial charge in [-0.1, -0.05) is 40.5 Å². The van der Waals surface area contributed by atoms with E-state index in [0.29, 0.717) is 12.8 Å². The van der Waals surface area contributed by atoms with Gasteiger partial charge in [0.1, 0.15) is 0 Å². The van der Waals surface area contributed by atoms with Crippen LogP contribution in [0.3, 0.4) is 0 Å². The number of nitrogens with zero attached hydrogens (tertiary/aromatic N) is 1. The summed E-state index contributed by atoms with van der Waals surface area (Å²) in [7, 11) is -1.19. The van der Waals surface area contributed by atoms with Crippen LogP contribution < -0.4 is 0 Å². The van der Waals surface area contributed by atoms with Gasteiger partial charge in [0.05, 0.1) is 5.25 Å².